The van der Waals surface area contributed by atoms with E-state index in [1.165, 1.54) is 11.3 Å². The van der Waals surface area contributed by atoms with E-state index in [-0.39, 0.29) is 6.10 Å². The number of nitrogens with one attached hydrogen (secondary N) is 1. The Morgan fingerprint density at radius 2 is 2.14 bits per heavy atom. The number of rotatable bonds is 6. The normalized spacial score (nSPS) is 11.1. The van der Waals surface area contributed by atoms with Crippen molar-refractivity contribution < 1.29 is 9.47 Å². The Bertz CT molecular complexity index is 623. The minimum Gasteiger partial charge on any atom is -0.493 e. The van der Waals surface area contributed by atoms with Gasteiger partial charge in [-0.1, -0.05) is 0 Å². The first-order valence-corrected chi connectivity index (χ1v) is 7.52. The molecule has 1 N–H and O–H groups in total. The summed E-state index contributed by atoms with van der Waals surface area (Å²) in [6.45, 7) is 5.91. The van der Waals surface area contributed by atoms with Crippen LogP contribution in [0.1, 0.15) is 25.1 Å². The van der Waals surface area contributed by atoms with Crippen molar-refractivity contribution in [1.82, 2.24) is 4.98 Å². The molecule has 0 radical (unpaired) electrons. The molecule has 0 atom stereocenters. The Balaban J connectivity index is 2.08. The molecule has 0 bridgehead atoms. The fraction of sp³-hybridized carbons (Fsp3) is 0.333. The van der Waals surface area contributed by atoms with E-state index in [1.54, 1.807) is 13.3 Å². The van der Waals surface area contributed by atoms with Gasteiger partial charge in [0.25, 0.3) is 0 Å². The molecular weight excluding hydrogens is 286 g/mol. The number of hydrazone groups is 1. The topological polar surface area (TPSA) is 55.7 Å². The van der Waals surface area contributed by atoms with Gasteiger partial charge in [0.1, 0.15) is 0 Å². The number of nitrogens with zero attached hydrogens (tertiary/aromatic N) is 2. The SMILES string of the molecule is COc1ccc(/C=N\Nc2nc(C)cs2)cc1OC(C)C. The third kappa shape index (κ3) is 4.46. The van der Waals surface area contributed by atoms with Crippen molar-refractivity contribution in [1.29, 1.82) is 0 Å². The Hall–Kier alpha value is -2.08. The number of hydrogen-bond acceptors (Lipinski definition) is 6. The van der Waals surface area contributed by atoms with Gasteiger partial charge in [0.05, 0.1) is 25.1 Å². The van der Waals surface area contributed by atoms with Crippen LogP contribution in [0.25, 0.3) is 0 Å². The van der Waals surface area contributed by atoms with E-state index in [0.29, 0.717) is 11.5 Å². The summed E-state index contributed by atoms with van der Waals surface area (Å²) in [7, 11) is 1.63. The Kier molecular flexibility index (Phi) is 5.16. The van der Waals surface area contributed by atoms with Crippen LogP contribution in [0.3, 0.4) is 0 Å². The highest BCUT2D eigenvalue weighted by Crippen LogP contribution is 2.28. The minimum atomic E-state index is 0.0857. The van der Waals surface area contributed by atoms with Crippen LogP contribution >= 0.6 is 11.3 Å². The minimum absolute atomic E-state index is 0.0857. The van der Waals surface area contributed by atoms with Crippen molar-refractivity contribution >= 4 is 22.7 Å². The molecule has 0 amide bonds. The van der Waals surface area contributed by atoms with E-state index in [4.69, 9.17) is 9.47 Å². The number of thiazole rings is 1. The van der Waals surface area contributed by atoms with E-state index < -0.39 is 0 Å². The van der Waals surface area contributed by atoms with Crippen LogP contribution < -0.4 is 14.9 Å². The number of ether oxygens (including phenoxy) is 2. The van der Waals surface area contributed by atoms with Gasteiger partial charge in [0, 0.05) is 5.38 Å². The van der Waals surface area contributed by atoms with Crippen molar-refractivity contribution in [2.24, 2.45) is 5.10 Å². The van der Waals surface area contributed by atoms with Gasteiger partial charge in [-0.15, -0.1) is 11.3 Å². The average molecular weight is 305 g/mol. The van der Waals surface area contributed by atoms with Crippen molar-refractivity contribution in [2.45, 2.75) is 26.9 Å². The van der Waals surface area contributed by atoms with Crippen LogP contribution in [0.4, 0.5) is 5.13 Å². The first-order valence-electron chi connectivity index (χ1n) is 6.64. The summed E-state index contributed by atoms with van der Waals surface area (Å²) < 4.78 is 11.0. The second-order valence-corrected chi connectivity index (χ2v) is 5.60. The third-order valence-electron chi connectivity index (χ3n) is 2.54. The van der Waals surface area contributed by atoms with Crippen LogP contribution in [-0.2, 0) is 0 Å². The molecule has 0 saturated heterocycles. The predicted molar refractivity (Wildman–Crippen MR) is 86.8 cm³/mol. The monoisotopic (exact) mass is 305 g/mol. The summed E-state index contributed by atoms with van der Waals surface area (Å²) in [5.74, 6) is 1.42. The fourth-order valence-electron chi connectivity index (χ4n) is 1.69. The first-order chi connectivity index (χ1) is 10.1. The number of benzene rings is 1. The molecule has 0 unspecified atom stereocenters. The number of hydrogen-bond donors (Lipinski definition) is 1. The number of aromatic nitrogens is 1. The molecule has 0 spiro atoms. The lowest BCUT2D eigenvalue weighted by Crippen LogP contribution is -2.07. The Morgan fingerprint density at radius 3 is 2.76 bits per heavy atom. The first kappa shape index (κ1) is 15.3. The third-order valence-corrected chi connectivity index (χ3v) is 3.41. The van der Waals surface area contributed by atoms with Gasteiger partial charge in [-0.3, -0.25) is 5.43 Å². The molecule has 0 aliphatic rings. The maximum Gasteiger partial charge on any atom is 0.203 e. The van der Waals surface area contributed by atoms with Gasteiger partial charge in [0.2, 0.25) is 5.13 Å². The van der Waals surface area contributed by atoms with Crippen LogP contribution in [0.15, 0.2) is 28.7 Å². The number of anilines is 1. The Morgan fingerprint density at radius 1 is 1.33 bits per heavy atom. The molecule has 1 aromatic heterocycles. The second-order valence-electron chi connectivity index (χ2n) is 4.74. The summed E-state index contributed by atoms with van der Waals surface area (Å²) in [5.41, 5.74) is 4.81. The summed E-state index contributed by atoms with van der Waals surface area (Å²) in [4.78, 5) is 4.28. The molecule has 0 aliphatic heterocycles. The smallest absolute Gasteiger partial charge is 0.203 e. The van der Waals surface area contributed by atoms with E-state index >= 15 is 0 Å². The molecule has 1 heterocycles. The molecule has 112 valence electrons. The van der Waals surface area contributed by atoms with Gasteiger partial charge in [-0.25, -0.2) is 4.98 Å². The maximum atomic E-state index is 5.73. The largest absolute Gasteiger partial charge is 0.493 e. The van der Waals surface area contributed by atoms with Gasteiger partial charge < -0.3 is 9.47 Å². The van der Waals surface area contributed by atoms with Crippen molar-refractivity contribution in [3.05, 3.63) is 34.8 Å². The molecule has 2 aromatic rings. The second kappa shape index (κ2) is 7.08. The molecule has 5 nitrogen and oxygen atoms in total. The van der Waals surface area contributed by atoms with E-state index in [2.05, 4.69) is 15.5 Å². The quantitative estimate of drug-likeness (QED) is 0.653. The molecule has 0 aliphatic carbocycles. The highest BCUT2D eigenvalue weighted by Gasteiger charge is 2.06. The summed E-state index contributed by atoms with van der Waals surface area (Å²) in [6.07, 6.45) is 1.81. The lowest BCUT2D eigenvalue weighted by Gasteiger charge is -2.13. The van der Waals surface area contributed by atoms with Crippen LogP contribution in [0.5, 0.6) is 11.5 Å². The average Bonchev–Trinajstić information content (AvgIpc) is 2.84. The fourth-order valence-corrected chi connectivity index (χ4v) is 2.32. The van der Waals surface area contributed by atoms with Gasteiger partial charge >= 0.3 is 0 Å². The summed E-state index contributed by atoms with van der Waals surface area (Å²) in [5, 5.41) is 6.92. The standard InChI is InChI=1S/C15H19N3O2S/c1-10(2)20-14-7-12(5-6-13(14)19-4)8-16-18-15-17-11(3)9-21-15/h5-10H,1-4H3,(H,17,18)/b16-8-. The summed E-state index contributed by atoms with van der Waals surface area (Å²) >= 11 is 1.52. The van der Waals surface area contributed by atoms with Crippen LogP contribution in [-0.4, -0.2) is 24.4 Å². The molecule has 6 heteroatoms. The lowest BCUT2D eigenvalue weighted by molar-refractivity contribution is 0.230. The van der Waals surface area contributed by atoms with Crippen molar-refractivity contribution in [3.63, 3.8) is 0 Å². The number of aryl methyl sites for hydroxylation is 1. The highest BCUT2D eigenvalue weighted by atomic mass is 32.1. The van der Waals surface area contributed by atoms with E-state index in [1.807, 2.05) is 44.4 Å². The van der Waals surface area contributed by atoms with E-state index in [0.717, 1.165) is 16.4 Å². The van der Waals surface area contributed by atoms with Gasteiger partial charge in [-0.2, -0.15) is 5.10 Å². The molecule has 2 rings (SSSR count). The predicted octanol–water partition coefficient (Wildman–Crippen LogP) is 3.69. The van der Waals surface area contributed by atoms with Gasteiger partial charge in [-0.05, 0) is 44.5 Å². The van der Waals surface area contributed by atoms with Crippen molar-refractivity contribution in [3.8, 4) is 11.5 Å². The molecule has 21 heavy (non-hydrogen) atoms. The molecule has 0 fully saturated rings. The zero-order valence-corrected chi connectivity index (χ0v) is 13.4. The van der Waals surface area contributed by atoms with Crippen molar-refractivity contribution in [2.75, 3.05) is 12.5 Å². The summed E-state index contributed by atoms with van der Waals surface area (Å²) in [6, 6.07) is 5.69. The molecular formula is C15H19N3O2S. The van der Waals surface area contributed by atoms with Crippen LogP contribution in [0.2, 0.25) is 0 Å². The zero-order chi connectivity index (χ0) is 15.2. The highest BCUT2D eigenvalue weighted by molar-refractivity contribution is 7.13. The van der Waals surface area contributed by atoms with Gasteiger partial charge in [0.15, 0.2) is 11.5 Å². The van der Waals surface area contributed by atoms with E-state index in [9.17, 15) is 0 Å². The number of methoxy groups -OCH3 is 1. The lowest BCUT2D eigenvalue weighted by atomic mass is 10.2. The Labute approximate surface area is 128 Å². The van der Waals surface area contributed by atoms with Crippen LogP contribution in [0, 0.1) is 6.92 Å². The zero-order valence-electron chi connectivity index (χ0n) is 12.6. The maximum absolute atomic E-state index is 5.73. The molecule has 0 saturated carbocycles. The molecule has 1 aromatic carbocycles.